The molecule has 1 N–H and O–H groups in total. The molecule has 0 aliphatic carbocycles. The van der Waals surface area contributed by atoms with Crippen LogP contribution in [0.4, 0.5) is 5.69 Å². The second-order valence-electron chi connectivity index (χ2n) is 4.26. The van der Waals surface area contributed by atoms with Crippen LogP contribution < -0.4 is 10.1 Å². The Bertz CT molecular complexity index is 658. The predicted molar refractivity (Wildman–Crippen MR) is 89.9 cm³/mol. The molecule has 0 aromatic heterocycles. The summed E-state index contributed by atoms with van der Waals surface area (Å²) < 4.78 is 6.12. The van der Waals surface area contributed by atoms with E-state index >= 15 is 0 Å². The van der Waals surface area contributed by atoms with Gasteiger partial charge in [-0.25, -0.2) is 0 Å². The minimum atomic E-state index is -0.177. The molecule has 0 heterocycles. The van der Waals surface area contributed by atoms with Gasteiger partial charge in [0.2, 0.25) is 0 Å². The number of ether oxygens (including phenoxy) is 1. The van der Waals surface area contributed by atoms with E-state index in [1.165, 1.54) is 0 Å². The van der Waals surface area contributed by atoms with Crippen molar-refractivity contribution in [3.63, 3.8) is 0 Å². The van der Waals surface area contributed by atoms with E-state index in [2.05, 4.69) is 27.9 Å². The largest absolute Gasteiger partial charge is 0.496 e. The molecule has 104 valence electrons. The lowest BCUT2D eigenvalue weighted by molar-refractivity contribution is 0.102. The van der Waals surface area contributed by atoms with Crippen molar-refractivity contribution in [3.8, 4) is 5.75 Å². The van der Waals surface area contributed by atoms with Crippen molar-refractivity contribution in [1.29, 1.82) is 0 Å². The summed E-state index contributed by atoms with van der Waals surface area (Å²) in [5.41, 5.74) is 2.28. The van der Waals surface area contributed by atoms with Gasteiger partial charge in [-0.15, -0.1) is 0 Å². The van der Waals surface area contributed by atoms with Gasteiger partial charge < -0.3 is 10.1 Å². The molecule has 0 atom stereocenters. The number of benzene rings is 2. The number of hydrogen-bond donors (Lipinski definition) is 1. The highest BCUT2D eigenvalue weighted by Gasteiger charge is 2.10. The second kappa shape index (κ2) is 6.45. The lowest BCUT2D eigenvalue weighted by Crippen LogP contribution is -2.13. The minimum absolute atomic E-state index is 0.177. The van der Waals surface area contributed by atoms with E-state index < -0.39 is 0 Å². The van der Waals surface area contributed by atoms with Crippen molar-refractivity contribution in [3.05, 3.63) is 56.1 Å². The smallest absolute Gasteiger partial charge is 0.255 e. The Labute approximate surface area is 136 Å². The van der Waals surface area contributed by atoms with Crippen LogP contribution in [0.25, 0.3) is 0 Å². The van der Waals surface area contributed by atoms with Gasteiger partial charge in [0.1, 0.15) is 5.75 Å². The van der Waals surface area contributed by atoms with Crippen LogP contribution in [-0.2, 0) is 0 Å². The Morgan fingerprint density at radius 1 is 1.25 bits per heavy atom. The van der Waals surface area contributed by atoms with Crippen molar-refractivity contribution in [2.45, 2.75) is 6.92 Å². The standard InChI is InChI=1S/C15H13ClINO2/c1-9-3-4-10(7-14(9)20-2)15(19)18-13-6-5-11(16)8-12(13)17/h3-8H,1-2H3,(H,18,19). The first kappa shape index (κ1) is 15.1. The molecule has 0 saturated heterocycles. The fraction of sp³-hybridized carbons (Fsp3) is 0.133. The molecule has 0 aliphatic rings. The molecule has 20 heavy (non-hydrogen) atoms. The van der Waals surface area contributed by atoms with E-state index in [1.54, 1.807) is 37.4 Å². The molecule has 0 unspecified atom stereocenters. The summed E-state index contributed by atoms with van der Waals surface area (Å²) in [7, 11) is 1.59. The molecule has 1 amide bonds. The van der Waals surface area contributed by atoms with Crippen LogP contribution >= 0.6 is 34.2 Å². The van der Waals surface area contributed by atoms with Gasteiger partial charge in [-0.2, -0.15) is 0 Å². The average molecular weight is 402 g/mol. The quantitative estimate of drug-likeness (QED) is 0.768. The van der Waals surface area contributed by atoms with Crippen LogP contribution in [0.15, 0.2) is 36.4 Å². The number of rotatable bonds is 3. The van der Waals surface area contributed by atoms with E-state index in [0.29, 0.717) is 16.3 Å². The Balaban J connectivity index is 2.24. The Morgan fingerprint density at radius 3 is 2.65 bits per heavy atom. The number of methoxy groups -OCH3 is 1. The molecular formula is C15H13ClINO2. The normalized spacial score (nSPS) is 10.2. The number of aryl methyl sites for hydroxylation is 1. The maximum Gasteiger partial charge on any atom is 0.255 e. The zero-order valence-electron chi connectivity index (χ0n) is 11.0. The van der Waals surface area contributed by atoms with Gasteiger partial charge in [0.25, 0.3) is 5.91 Å². The molecule has 2 rings (SSSR count). The van der Waals surface area contributed by atoms with Crippen molar-refractivity contribution >= 4 is 45.8 Å². The highest BCUT2D eigenvalue weighted by atomic mass is 127. The van der Waals surface area contributed by atoms with Crippen LogP contribution in [-0.4, -0.2) is 13.0 Å². The van der Waals surface area contributed by atoms with Crippen LogP contribution in [0.2, 0.25) is 5.02 Å². The van der Waals surface area contributed by atoms with E-state index in [4.69, 9.17) is 16.3 Å². The average Bonchev–Trinajstić information content (AvgIpc) is 2.42. The number of anilines is 1. The number of carbonyl (C=O) groups is 1. The van der Waals surface area contributed by atoms with Crippen molar-refractivity contribution in [1.82, 2.24) is 0 Å². The summed E-state index contributed by atoms with van der Waals surface area (Å²) in [4.78, 5) is 12.2. The predicted octanol–water partition coefficient (Wildman–Crippen LogP) is 4.51. The summed E-state index contributed by atoms with van der Waals surface area (Å²) in [6, 6.07) is 10.7. The number of halogens is 2. The fourth-order valence-corrected chi connectivity index (χ4v) is 2.75. The first-order valence-electron chi connectivity index (χ1n) is 5.92. The van der Waals surface area contributed by atoms with Gasteiger partial charge in [0, 0.05) is 14.2 Å². The Hall–Kier alpha value is -1.27. The summed E-state index contributed by atoms with van der Waals surface area (Å²) in [5.74, 6) is 0.520. The minimum Gasteiger partial charge on any atom is -0.496 e. The van der Waals surface area contributed by atoms with Crippen LogP contribution in [0, 0.1) is 10.5 Å². The molecule has 3 nitrogen and oxygen atoms in total. The molecular weight excluding hydrogens is 389 g/mol. The number of nitrogens with one attached hydrogen (secondary N) is 1. The Kier molecular flexibility index (Phi) is 4.88. The summed E-state index contributed by atoms with van der Waals surface area (Å²) in [6.07, 6.45) is 0. The van der Waals surface area contributed by atoms with Gasteiger partial charge in [-0.3, -0.25) is 4.79 Å². The third-order valence-corrected chi connectivity index (χ3v) is 3.98. The maximum atomic E-state index is 12.2. The number of amides is 1. The first-order valence-corrected chi connectivity index (χ1v) is 7.38. The van der Waals surface area contributed by atoms with Gasteiger partial charge in [-0.05, 0) is 65.4 Å². The molecule has 0 spiro atoms. The third-order valence-electron chi connectivity index (χ3n) is 2.85. The van der Waals surface area contributed by atoms with E-state index in [9.17, 15) is 4.79 Å². The van der Waals surface area contributed by atoms with Crippen molar-refractivity contribution in [2.75, 3.05) is 12.4 Å². The van der Waals surface area contributed by atoms with Crippen molar-refractivity contribution in [2.24, 2.45) is 0 Å². The molecule has 0 bridgehead atoms. The zero-order chi connectivity index (χ0) is 14.7. The molecule has 0 radical (unpaired) electrons. The molecule has 0 fully saturated rings. The van der Waals surface area contributed by atoms with Gasteiger partial charge in [-0.1, -0.05) is 17.7 Å². The highest BCUT2D eigenvalue weighted by molar-refractivity contribution is 14.1. The number of hydrogen-bond acceptors (Lipinski definition) is 2. The first-order chi connectivity index (χ1) is 9.51. The lowest BCUT2D eigenvalue weighted by Gasteiger charge is -2.10. The Morgan fingerprint density at radius 2 is 2.00 bits per heavy atom. The zero-order valence-corrected chi connectivity index (χ0v) is 13.9. The van der Waals surface area contributed by atoms with Gasteiger partial charge in [0.05, 0.1) is 12.8 Å². The maximum absolute atomic E-state index is 12.2. The molecule has 0 aliphatic heterocycles. The molecule has 0 saturated carbocycles. The molecule has 2 aromatic carbocycles. The SMILES string of the molecule is COc1cc(C(=O)Nc2ccc(Cl)cc2I)ccc1C. The monoisotopic (exact) mass is 401 g/mol. The second-order valence-corrected chi connectivity index (χ2v) is 5.86. The van der Waals surface area contributed by atoms with Gasteiger partial charge in [0.15, 0.2) is 0 Å². The summed E-state index contributed by atoms with van der Waals surface area (Å²) >= 11 is 8.03. The van der Waals surface area contributed by atoms with E-state index in [0.717, 1.165) is 14.8 Å². The highest BCUT2D eigenvalue weighted by Crippen LogP contribution is 2.24. The van der Waals surface area contributed by atoms with Crippen LogP contribution in [0.1, 0.15) is 15.9 Å². The van der Waals surface area contributed by atoms with E-state index in [1.807, 2.05) is 13.0 Å². The van der Waals surface area contributed by atoms with Gasteiger partial charge >= 0.3 is 0 Å². The third kappa shape index (κ3) is 3.43. The fourth-order valence-electron chi connectivity index (χ4n) is 1.75. The van der Waals surface area contributed by atoms with Crippen LogP contribution in [0.5, 0.6) is 5.75 Å². The topological polar surface area (TPSA) is 38.3 Å². The van der Waals surface area contributed by atoms with E-state index in [-0.39, 0.29) is 5.91 Å². The molecule has 5 heteroatoms. The van der Waals surface area contributed by atoms with Crippen molar-refractivity contribution < 1.29 is 9.53 Å². The lowest BCUT2D eigenvalue weighted by atomic mass is 10.1. The number of carbonyl (C=O) groups excluding carboxylic acids is 1. The summed E-state index contributed by atoms with van der Waals surface area (Å²) in [5, 5.41) is 3.51. The molecule has 2 aromatic rings. The summed E-state index contributed by atoms with van der Waals surface area (Å²) in [6.45, 7) is 1.93. The van der Waals surface area contributed by atoms with Crippen LogP contribution in [0.3, 0.4) is 0 Å².